The van der Waals surface area contributed by atoms with Crippen LogP contribution in [0.5, 0.6) is 5.75 Å². The van der Waals surface area contributed by atoms with Crippen molar-refractivity contribution in [3.05, 3.63) is 71.9 Å². The molecule has 0 aliphatic carbocycles. The second-order valence-electron chi connectivity index (χ2n) is 11.9. The average molecular weight is 736 g/mol. The van der Waals surface area contributed by atoms with E-state index in [1.807, 2.05) is 6.07 Å². The highest BCUT2D eigenvalue weighted by Gasteiger charge is 2.45. The van der Waals surface area contributed by atoms with Gasteiger partial charge in [-0.3, -0.25) is 18.7 Å². The van der Waals surface area contributed by atoms with Crippen LogP contribution < -0.4 is 15.4 Å². The molecule has 0 bridgehead atoms. The number of likely N-dealkylation sites (tertiary alicyclic amines) is 1. The molecule has 0 unspecified atom stereocenters. The van der Waals surface area contributed by atoms with E-state index in [-0.39, 0.29) is 28.9 Å². The maximum atomic E-state index is 12.7. The fourth-order valence-electron chi connectivity index (χ4n) is 5.25. The summed E-state index contributed by atoms with van der Waals surface area (Å²) < 4.78 is 28.8. The van der Waals surface area contributed by atoms with E-state index in [0.717, 1.165) is 44.5 Å². The zero-order chi connectivity index (χ0) is 35.8. The summed E-state index contributed by atoms with van der Waals surface area (Å²) in [4.78, 5) is 73.6. The molecule has 2 heterocycles. The Morgan fingerprint density at radius 3 is 2.51 bits per heavy atom. The van der Waals surface area contributed by atoms with Crippen molar-refractivity contribution in [2.75, 3.05) is 36.8 Å². The number of ether oxygens (including phenoxy) is 1. The lowest BCUT2D eigenvalue weighted by molar-refractivity contribution is -0.134. The van der Waals surface area contributed by atoms with Crippen LogP contribution in [0.25, 0.3) is 11.3 Å². The summed E-state index contributed by atoms with van der Waals surface area (Å²) >= 11 is 6.44. The molecule has 1 fully saturated rings. The number of piperidine rings is 1. The zero-order valence-electron chi connectivity index (χ0n) is 26.9. The quantitative estimate of drug-likeness (QED) is 0.0360. The first-order chi connectivity index (χ1) is 23.1. The maximum Gasteiger partial charge on any atom is 0.341 e. The normalized spacial score (nSPS) is 14.4. The van der Waals surface area contributed by atoms with Crippen LogP contribution in [-0.2, 0) is 25.1 Å². The van der Waals surface area contributed by atoms with Crippen molar-refractivity contribution in [2.24, 2.45) is 5.92 Å². The minimum Gasteiger partial charge on any atom is -0.424 e. The largest absolute Gasteiger partial charge is 0.424 e. The lowest BCUT2D eigenvalue weighted by atomic mass is 9.99. The second kappa shape index (κ2) is 17.0. The molecular weight excluding hydrogens is 696 g/mol. The molecule has 4 rings (SSSR count). The van der Waals surface area contributed by atoms with Crippen molar-refractivity contribution in [1.29, 1.82) is 0 Å². The summed E-state index contributed by atoms with van der Waals surface area (Å²) in [5.74, 6) is -0.479. The van der Waals surface area contributed by atoms with Gasteiger partial charge in [0.25, 0.3) is 0 Å². The number of benzene rings is 2. The number of ketones is 1. The Morgan fingerprint density at radius 1 is 1.12 bits per heavy atom. The molecular formula is C32H40ClN5O9P2. The average Bonchev–Trinajstić information content (AvgIpc) is 3.03. The third kappa shape index (κ3) is 11.6. The van der Waals surface area contributed by atoms with Gasteiger partial charge in [0.1, 0.15) is 0 Å². The highest BCUT2D eigenvalue weighted by molar-refractivity contribution is 7.70. The van der Waals surface area contributed by atoms with Gasteiger partial charge in [-0.05, 0) is 80.7 Å². The Labute approximate surface area is 289 Å². The molecule has 1 aromatic heterocycles. The molecule has 0 saturated carbocycles. The lowest BCUT2D eigenvalue weighted by Crippen LogP contribution is -2.34. The summed E-state index contributed by atoms with van der Waals surface area (Å²) in [5, 5.41) is 4.08. The van der Waals surface area contributed by atoms with Crippen LogP contribution in [0.4, 0.5) is 17.3 Å². The van der Waals surface area contributed by atoms with E-state index in [1.54, 1.807) is 30.3 Å². The van der Waals surface area contributed by atoms with Crippen molar-refractivity contribution < 1.29 is 43.0 Å². The first-order valence-electron chi connectivity index (χ1n) is 15.6. The van der Waals surface area contributed by atoms with Gasteiger partial charge in [0, 0.05) is 24.2 Å². The molecule has 1 aliphatic heterocycles. The van der Waals surface area contributed by atoms with Crippen LogP contribution >= 0.6 is 26.8 Å². The van der Waals surface area contributed by atoms with Gasteiger partial charge >= 0.3 is 21.2 Å². The third-order valence-corrected chi connectivity index (χ3v) is 12.0. The number of carbonyl (C=O) groups excluding carboxylic acids is 2. The van der Waals surface area contributed by atoms with Gasteiger partial charge < -0.3 is 39.8 Å². The Hall–Kier alpha value is -3.45. The Bertz CT molecular complexity index is 1740. The highest BCUT2D eigenvalue weighted by Crippen LogP contribution is 2.61. The van der Waals surface area contributed by atoms with Crippen LogP contribution in [0, 0.1) is 5.92 Å². The Kier molecular flexibility index (Phi) is 13.3. The van der Waals surface area contributed by atoms with E-state index < -0.39 is 33.0 Å². The molecule has 0 atom stereocenters. The fraction of sp³-hybridized carbons (Fsp3) is 0.375. The fourth-order valence-corrected chi connectivity index (χ4v) is 7.80. The number of aromatic nitrogens is 2. The van der Waals surface area contributed by atoms with Gasteiger partial charge in [-0.25, -0.2) is 9.97 Å². The van der Waals surface area contributed by atoms with E-state index in [2.05, 4.69) is 39.0 Å². The lowest BCUT2D eigenvalue weighted by Gasteiger charge is -2.30. The summed E-state index contributed by atoms with van der Waals surface area (Å²) in [6, 6.07) is 11.8. The first kappa shape index (κ1) is 38.4. The molecule has 14 nitrogen and oxygen atoms in total. The van der Waals surface area contributed by atoms with Gasteiger partial charge in [0.2, 0.25) is 5.95 Å². The number of halogens is 1. The minimum absolute atomic E-state index is 0.0129. The van der Waals surface area contributed by atoms with Gasteiger partial charge in [-0.2, -0.15) is 0 Å². The van der Waals surface area contributed by atoms with Gasteiger partial charge in [-0.1, -0.05) is 43.3 Å². The summed E-state index contributed by atoms with van der Waals surface area (Å²) in [6.07, 6.45) is 4.71. The van der Waals surface area contributed by atoms with Gasteiger partial charge in [-0.15, -0.1) is 0 Å². The summed E-state index contributed by atoms with van der Waals surface area (Å²) in [7, 11) is -10.7. The van der Waals surface area contributed by atoms with Crippen LogP contribution in [0.1, 0.15) is 38.2 Å². The van der Waals surface area contributed by atoms with Crippen molar-refractivity contribution in [3.8, 4) is 17.0 Å². The maximum absolute atomic E-state index is 12.7. The van der Waals surface area contributed by atoms with Crippen LogP contribution in [0.15, 0.2) is 61.3 Å². The topological polar surface area (TPSA) is 212 Å². The van der Waals surface area contributed by atoms with Crippen molar-refractivity contribution in [2.45, 2.75) is 44.4 Å². The van der Waals surface area contributed by atoms with Crippen LogP contribution in [0.2, 0.25) is 5.02 Å². The predicted octanol–water partition coefficient (Wildman–Crippen LogP) is 5.35. The SMILES string of the molecule is C=CC(=O)Cc1cccc(-c2nc(Nc3ccc(OC(=O)CC(P(=O)(O)O)P(=O)(O)O)c(NCCCN4CCC(C)CC4)c3)ncc2Cl)c1. The van der Waals surface area contributed by atoms with E-state index in [9.17, 15) is 38.3 Å². The number of nitrogens with one attached hydrogen (secondary N) is 2. The monoisotopic (exact) mass is 735 g/mol. The number of allylic oxidation sites excluding steroid dienone is 1. The summed E-state index contributed by atoms with van der Waals surface area (Å²) in [6.45, 7) is 9.13. The number of hydrogen-bond donors (Lipinski definition) is 6. The van der Waals surface area contributed by atoms with Crippen LogP contribution in [-0.4, -0.2) is 77.8 Å². The van der Waals surface area contributed by atoms with E-state index in [0.29, 0.717) is 35.1 Å². The molecule has 0 radical (unpaired) electrons. The number of nitrogens with zero attached hydrogens (tertiary/aromatic N) is 3. The van der Waals surface area contributed by atoms with Crippen molar-refractivity contribution in [1.82, 2.24) is 14.9 Å². The molecule has 2 aromatic carbocycles. The molecule has 264 valence electrons. The standard InChI is InChI=1S/C32H40ClN5O9P2/c1-3-25(39)17-22-6-4-7-23(16-22)31-26(33)20-35-32(37-31)36-24-8-9-28(47-29(40)19-30(48(41,42)43)49(44,45)46)27(18-24)34-12-5-13-38-14-10-21(2)11-15-38/h3-4,6-9,16,18,20-21,30,34H,1,5,10-15,17,19H2,2H3,(H,35,36,37)(H2,41,42,43)(H2,44,45,46). The molecule has 6 N–H and O–H groups in total. The molecule has 0 amide bonds. The zero-order valence-corrected chi connectivity index (χ0v) is 29.4. The third-order valence-electron chi connectivity index (χ3n) is 7.98. The number of rotatable bonds is 16. The van der Waals surface area contributed by atoms with E-state index in [1.165, 1.54) is 18.3 Å². The number of carbonyl (C=O) groups is 2. The predicted molar refractivity (Wildman–Crippen MR) is 187 cm³/mol. The highest BCUT2D eigenvalue weighted by atomic mass is 35.5. The van der Waals surface area contributed by atoms with Crippen molar-refractivity contribution in [3.63, 3.8) is 0 Å². The number of hydrogen-bond acceptors (Lipinski definition) is 10. The smallest absolute Gasteiger partial charge is 0.341 e. The first-order valence-corrected chi connectivity index (χ1v) is 19.3. The number of esters is 1. The van der Waals surface area contributed by atoms with Gasteiger partial charge in [0.15, 0.2) is 16.9 Å². The molecule has 0 spiro atoms. The second-order valence-corrected chi connectivity index (χ2v) is 16.3. The van der Waals surface area contributed by atoms with Crippen molar-refractivity contribution >= 4 is 55.9 Å². The molecule has 1 aliphatic rings. The van der Waals surface area contributed by atoms with Crippen LogP contribution in [0.3, 0.4) is 0 Å². The Morgan fingerprint density at radius 2 is 1.84 bits per heavy atom. The molecule has 3 aromatic rings. The molecule has 49 heavy (non-hydrogen) atoms. The minimum atomic E-state index is -5.33. The number of anilines is 3. The van der Waals surface area contributed by atoms with Gasteiger partial charge in [0.05, 0.1) is 29.0 Å². The Balaban J connectivity index is 1.54. The summed E-state index contributed by atoms with van der Waals surface area (Å²) in [5.41, 5.74) is 2.67. The van der Waals surface area contributed by atoms with E-state index in [4.69, 9.17) is 16.3 Å². The molecule has 1 saturated heterocycles. The van der Waals surface area contributed by atoms with E-state index >= 15 is 0 Å². The molecule has 17 heteroatoms.